The van der Waals surface area contributed by atoms with Gasteiger partial charge in [-0.2, -0.15) is 10.1 Å². The molecule has 3 rings (SSSR count). The molecule has 1 aromatic carbocycles. The number of nitrogens with zero attached hydrogens (tertiary/aromatic N) is 4. The number of nitrogen functional groups attached to an aromatic ring is 2. The van der Waals surface area contributed by atoms with Crippen LogP contribution in [0.1, 0.15) is 6.42 Å². The first-order chi connectivity index (χ1) is 10.7. The summed E-state index contributed by atoms with van der Waals surface area (Å²) >= 11 is 0. The van der Waals surface area contributed by atoms with Gasteiger partial charge in [-0.15, -0.1) is 0 Å². The third-order valence-corrected chi connectivity index (χ3v) is 3.51. The summed E-state index contributed by atoms with van der Waals surface area (Å²) in [7, 11) is 1.70. The van der Waals surface area contributed by atoms with E-state index in [-0.39, 0.29) is 5.95 Å². The number of rotatable bonds is 5. The van der Waals surface area contributed by atoms with Crippen LogP contribution in [0.2, 0.25) is 0 Å². The van der Waals surface area contributed by atoms with Crippen molar-refractivity contribution in [2.45, 2.75) is 13.0 Å². The summed E-state index contributed by atoms with van der Waals surface area (Å²) in [5.74, 6) is 0.549. The molecular formula is C15H18N6O. The molecule has 0 aliphatic carbocycles. The second-order valence-corrected chi connectivity index (χ2v) is 5.01. The summed E-state index contributed by atoms with van der Waals surface area (Å²) in [6.07, 6.45) is 4.41. The molecule has 0 aliphatic rings. The zero-order valence-corrected chi connectivity index (χ0v) is 12.4. The lowest BCUT2D eigenvalue weighted by atomic mass is 10.1. The van der Waals surface area contributed by atoms with E-state index in [9.17, 15) is 0 Å². The van der Waals surface area contributed by atoms with Gasteiger partial charge in [0.25, 0.3) is 0 Å². The highest BCUT2D eigenvalue weighted by atomic mass is 16.5. The van der Waals surface area contributed by atoms with Crippen LogP contribution in [-0.4, -0.2) is 33.5 Å². The Bertz CT molecular complexity index is 798. The molecule has 0 amide bonds. The molecule has 0 spiro atoms. The lowest BCUT2D eigenvalue weighted by Gasteiger charge is -2.06. The second kappa shape index (κ2) is 5.98. The van der Waals surface area contributed by atoms with E-state index in [0.717, 1.165) is 41.6 Å². The Labute approximate surface area is 127 Å². The predicted octanol–water partition coefficient (Wildman–Crippen LogP) is 1.69. The zero-order chi connectivity index (χ0) is 15.5. The largest absolute Gasteiger partial charge is 0.385 e. The van der Waals surface area contributed by atoms with E-state index in [1.165, 1.54) is 0 Å². The van der Waals surface area contributed by atoms with E-state index in [0.29, 0.717) is 5.82 Å². The Morgan fingerprint density at radius 3 is 2.86 bits per heavy atom. The first-order valence-corrected chi connectivity index (χ1v) is 7.02. The van der Waals surface area contributed by atoms with E-state index in [4.69, 9.17) is 16.2 Å². The van der Waals surface area contributed by atoms with E-state index >= 15 is 0 Å². The standard InChI is InChI=1S/C15H18N6O/c1-22-6-2-5-21-13-4-3-10(7-11(13)8-19-21)12-9-18-15(17)20-14(12)16/h3-4,7-9H,2,5-6H2,1H3,(H4,16,17,18,20). The first-order valence-electron chi connectivity index (χ1n) is 7.02. The molecule has 0 saturated carbocycles. The molecule has 7 nitrogen and oxygen atoms in total. The minimum Gasteiger partial charge on any atom is -0.385 e. The Balaban J connectivity index is 1.93. The van der Waals surface area contributed by atoms with Crippen molar-refractivity contribution in [3.63, 3.8) is 0 Å². The van der Waals surface area contributed by atoms with Gasteiger partial charge in [0.1, 0.15) is 5.82 Å². The van der Waals surface area contributed by atoms with Crippen molar-refractivity contribution in [1.29, 1.82) is 0 Å². The van der Waals surface area contributed by atoms with Gasteiger partial charge in [0.15, 0.2) is 0 Å². The van der Waals surface area contributed by atoms with Gasteiger partial charge < -0.3 is 16.2 Å². The molecule has 0 bridgehead atoms. The van der Waals surface area contributed by atoms with Crippen LogP contribution in [-0.2, 0) is 11.3 Å². The third kappa shape index (κ3) is 2.71. The number of anilines is 2. The summed E-state index contributed by atoms with van der Waals surface area (Å²) in [4.78, 5) is 8.00. The summed E-state index contributed by atoms with van der Waals surface area (Å²) < 4.78 is 7.05. The van der Waals surface area contributed by atoms with Gasteiger partial charge in [0.2, 0.25) is 5.95 Å². The number of methoxy groups -OCH3 is 1. The van der Waals surface area contributed by atoms with Gasteiger partial charge in [-0.3, -0.25) is 4.68 Å². The number of nitrogens with two attached hydrogens (primary N) is 2. The minimum absolute atomic E-state index is 0.174. The van der Waals surface area contributed by atoms with Crippen molar-refractivity contribution < 1.29 is 4.74 Å². The van der Waals surface area contributed by atoms with Crippen molar-refractivity contribution in [3.05, 3.63) is 30.6 Å². The Kier molecular flexibility index (Phi) is 3.88. The van der Waals surface area contributed by atoms with Crippen LogP contribution in [0.3, 0.4) is 0 Å². The predicted molar refractivity (Wildman–Crippen MR) is 86.1 cm³/mol. The van der Waals surface area contributed by atoms with Gasteiger partial charge in [-0.25, -0.2) is 4.98 Å². The molecule has 114 valence electrons. The topological polar surface area (TPSA) is 105 Å². The van der Waals surface area contributed by atoms with Gasteiger partial charge in [-0.05, 0) is 24.1 Å². The Morgan fingerprint density at radius 2 is 2.09 bits per heavy atom. The monoisotopic (exact) mass is 298 g/mol. The highest BCUT2D eigenvalue weighted by Crippen LogP contribution is 2.27. The summed E-state index contributed by atoms with van der Waals surface area (Å²) in [5.41, 5.74) is 14.2. The van der Waals surface area contributed by atoms with Crippen molar-refractivity contribution in [3.8, 4) is 11.1 Å². The fraction of sp³-hybridized carbons (Fsp3) is 0.267. The molecule has 3 aromatic rings. The number of hydrogen-bond donors (Lipinski definition) is 2. The maximum absolute atomic E-state index is 5.92. The molecular weight excluding hydrogens is 280 g/mol. The number of benzene rings is 1. The molecule has 22 heavy (non-hydrogen) atoms. The first kappa shape index (κ1) is 14.3. The zero-order valence-electron chi connectivity index (χ0n) is 12.4. The van der Waals surface area contributed by atoms with Gasteiger partial charge in [0.05, 0.1) is 11.7 Å². The maximum Gasteiger partial charge on any atom is 0.221 e. The number of aromatic nitrogens is 4. The summed E-state index contributed by atoms with van der Waals surface area (Å²) in [6.45, 7) is 1.54. The Hall–Kier alpha value is -2.67. The fourth-order valence-corrected chi connectivity index (χ4v) is 2.42. The maximum atomic E-state index is 5.92. The molecule has 0 atom stereocenters. The molecule has 0 fully saturated rings. The van der Waals surface area contributed by atoms with E-state index in [1.54, 1.807) is 13.3 Å². The number of fused-ring (bicyclic) bond motifs is 1. The lowest BCUT2D eigenvalue weighted by Crippen LogP contribution is -2.03. The molecule has 0 radical (unpaired) electrons. The smallest absolute Gasteiger partial charge is 0.221 e. The van der Waals surface area contributed by atoms with Gasteiger partial charge in [-0.1, -0.05) is 6.07 Å². The number of aryl methyl sites for hydroxylation is 1. The van der Waals surface area contributed by atoms with Gasteiger partial charge >= 0.3 is 0 Å². The van der Waals surface area contributed by atoms with Crippen LogP contribution in [0.4, 0.5) is 11.8 Å². The molecule has 0 saturated heterocycles. The van der Waals surface area contributed by atoms with Crippen molar-refractivity contribution in [2.75, 3.05) is 25.2 Å². The van der Waals surface area contributed by atoms with Crippen LogP contribution >= 0.6 is 0 Å². The average Bonchev–Trinajstić information content (AvgIpc) is 2.90. The van der Waals surface area contributed by atoms with Crippen LogP contribution in [0.25, 0.3) is 22.0 Å². The molecule has 7 heteroatoms. The average molecular weight is 298 g/mol. The molecule has 4 N–H and O–H groups in total. The van der Waals surface area contributed by atoms with Crippen LogP contribution in [0.5, 0.6) is 0 Å². The molecule has 0 unspecified atom stereocenters. The van der Waals surface area contributed by atoms with Crippen molar-refractivity contribution >= 4 is 22.7 Å². The van der Waals surface area contributed by atoms with E-state index in [2.05, 4.69) is 15.1 Å². The molecule has 2 heterocycles. The quantitative estimate of drug-likeness (QED) is 0.694. The van der Waals surface area contributed by atoms with Gasteiger partial charge in [0, 0.05) is 37.4 Å². The third-order valence-electron chi connectivity index (χ3n) is 3.51. The van der Waals surface area contributed by atoms with Crippen molar-refractivity contribution in [2.24, 2.45) is 0 Å². The highest BCUT2D eigenvalue weighted by Gasteiger charge is 2.08. The SMILES string of the molecule is COCCCn1ncc2cc(-c3cnc(N)nc3N)ccc21. The minimum atomic E-state index is 0.174. The normalized spacial score (nSPS) is 11.1. The van der Waals surface area contributed by atoms with Crippen LogP contribution < -0.4 is 11.5 Å². The second-order valence-electron chi connectivity index (χ2n) is 5.01. The van der Waals surface area contributed by atoms with Crippen molar-refractivity contribution in [1.82, 2.24) is 19.7 Å². The molecule has 2 aromatic heterocycles. The number of ether oxygens (including phenoxy) is 1. The lowest BCUT2D eigenvalue weighted by molar-refractivity contribution is 0.189. The number of hydrogen-bond acceptors (Lipinski definition) is 6. The highest BCUT2D eigenvalue weighted by molar-refractivity contribution is 5.86. The summed E-state index contributed by atoms with van der Waals surface area (Å²) in [6, 6.07) is 6.04. The fourth-order valence-electron chi connectivity index (χ4n) is 2.42. The van der Waals surface area contributed by atoms with Crippen LogP contribution in [0.15, 0.2) is 30.6 Å². The van der Waals surface area contributed by atoms with E-state index < -0.39 is 0 Å². The Morgan fingerprint density at radius 1 is 1.23 bits per heavy atom. The van der Waals surface area contributed by atoms with E-state index in [1.807, 2.05) is 29.1 Å². The van der Waals surface area contributed by atoms with Crippen LogP contribution in [0, 0.1) is 0 Å². The summed E-state index contributed by atoms with van der Waals surface area (Å²) in [5, 5.41) is 5.46. The molecule has 0 aliphatic heterocycles.